The number of nitrogens with one attached hydrogen (secondary N) is 1. The third-order valence-electron chi connectivity index (χ3n) is 6.72. The lowest BCUT2D eigenvalue weighted by molar-refractivity contribution is -0.128. The number of nitrogens with zero attached hydrogens (tertiary/aromatic N) is 3. The van der Waals surface area contributed by atoms with Crippen molar-refractivity contribution >= 4 is 22.7 Å². The molecule has 0 spiro atoms. The number of carbonyl (C=O) groups is 2. The molecule has 176 valence electrons. The summed E-state index contributed by atoms with van der Waals surface area (Å²) < 4.78 is 14.0. The highest BCUT2D eigenvalue weighted by Gasteiger charge is 2.20. The number of fused-ring (bicyclic) bond motifs is 1. The third kappa shape index (κ3) is 4.94. The van der Waals surface area contributed by atoms with Gasteiger partial charge in [-0.25, -0.2) is 9.37 Å². The minimum absolute atomic E-state index is 0.202. The van der Waals surface area contributed by atoms with E-state index in [1.807, 2.05) is 29.2 Å². The molecule has 2 aliphatic rings. The fourth-order valence-electron chi connectivity index (χ4n) is 4.84. The largest absolute Gasteiger partial charge is 0.351 e. The molecule has 1 N–H and O–H groups in total. The van der Waals surface area contributed by atoms with Gasteiger partial charge in [-0.1, -0.05) is 24.3 Å². The minimum atomic E-state index is -0.394. The van der Waals surface area contributed by atoms with Crippen molar-refractivity contribution in [1.29, 1.82) is 0 Å². The van der Waals surface area contributed by atoms with Crippen LogP contribution in [0.1, 0.15) is 41.6 Å². The summed E-state index contributed by atoms with van der Waals surface area (Å²) in [6.07, 6.45) is 3.96. The van der Waals surface area contributed by atoms with E-state index in [4.69, 9.17) is 4.98 Å². The molecule has 34 heavy (non-hydrogen) atoms. The van der Waals surface area contributed by atoms with E-state index in [0.717, 1.165) is 43.7 Å². The van der Waals surface area contributed by atoms with Crippen LogP contribution in [0.2, 0.25) is 0 Å². The molecule has 1 aromatic heterocycles. The predicted octanol–water partition coefficient (Wildman–Crippen LogP) is 3.99. The van der Waals surface area contributed by atoms with E-state index in [9.17, 15) is 14.0 Å². The third-order valence-corrected chi connectivity index (χ3v) is 6.72. The van der Waals surface area contributed by atoms with Crippen LogP contribution in [-0.2, 0) is 11.3 Å². The van der Waals surface area contributed by atoms with E-state index in [-0.39, 0.29) is 11.8 Å². The van der Waals surface area contributed by atoms with Crippen LogP contribution in [0.4, 0.5) is 4.39 Å². The zero-order chi connectivity index (χ0) is 23.5. The molecule has 0 atom stereocenters. The van der Waals surface area contributed by atoms with E-state index in [0.29, 0.717) is 41.7 Å². The van der Waals surface area contributed by atoms with Crippen molar-refractivity contribution in [3.63, 3.8) is 0 Å². The van der Waals surface area contributed by atoms with Crippen LogP contribution in [0.15, 0.2) is 48.5 Å². The maximum Gasteiger partial charge on any atom is 0.252 e. The number of likely N-dealkylation sites (tertiary alicyclic amines) is 2. The van der Waals surface area contributed by atoms with E-state index >= 15 is 0 Å². The van der Waals surface area contributed by atoms with Gasteiger partial charge in [0.25, 0.3) is 5.91 Å². The van der Waals surface area contributed by atoms with E-state index < -0.39 is 5.82 Å². The first-order valence-corrected chi connectivity index (χ1v) is 12.0. The van der Waals surface area contributed by atoms with Crippen molar-refractivity contribution in [2.45, 2.75) is 32.2 Å². The Morgan fingerprint density at radius 1 is 1.00 bits per heavy atom. The average Bonchev–Trinajstić information content (AvgIpc) is 3.51. The summed E-state index contributed by atoms with van der Waals surface area (Å²) in [6.45, 7) is 4.93. The number of halogens is 1. The minimum Gasteiger partial charge on any atom is -0.351 e. The molecule has 7 heteroatoms. The Labute approximate surface area is 198 Å². The average molecular weight is 461 g/mol. The second-order valence-corrected chi connectivity index (χ2v) is 9.14. The summed E-state index contributed by atoms with van der Waals surface area (Å²) in [4.78, 5) is 33.9. The number of hydrogen-bond donors (Lipinski definition) is 1. The van der Waals surface area contributed by atoms with Crippen LogP contribution in [0, 0.1) is 5.82 Å². The Hall–Kier alpha value is -3.32. The quantitative estimate of drug-likeness (QED) is 0.579. The molecule has 2 aromatic carbocycles. The summed E-state index contributed by atoms with van der Waals surface area (Å²) in [6, 6.07) is 14.0. The van der Waals surface area contributed by atoms with Gasteiger partial charge in [-0.05, 0) is 62.2 Å². The molecule has 3 heterocycles. The monoisotopic (exact) mass is 460 g/mol. The molecule has 2 saturated heterocycles. The lowest BCUT2D eigenvalue weighted by Crippen LogP contribution is -2.33. The predicted molar refractivity (Wildman–Crippen MR) is 130 cm³/mol. The van der Waals surface area contributed by atoms with Gasteiger partial charge in [0.1, 0.15) is 5.82 Å². The molecule has 0 radical (unpaired) electrons. The Bertz CT molecular complexity index is 1210. The molecule has 2 amide bonds. The highest BCUT2D eigenvalue weighted by Crippen LogP contribution is 2.26. The summed E-state index contributed by atoms with van der Waals surface area (Å²) in [5, 5.41) is 3.51. The number of aromatic nitrogens is 1. The van der Waals surface area contributed by atoms with Crippen molar-refractivity contribution in [2.75, 3.05) is 32.7 Å². The van der Waals surface area contributed by atoms with Gasteiger partial charge in [0.05, 0.1) is 16.8 Å². The molecule has 2 aliphatic heterocycles. The smallest absolute Gasteiger partial charge is 0.252 e. The van der Waals surface area contributed by atoms with Crippen LogP contribution >= 0.6 is 0 Å². The van der Waals surface area contributed by atoms with E-state index in [1.165, 1.54) is 25.0 Å². The second kappa shape index (κ2) is 9.89. The molecule has 0 saturated carbocycles. The van der Waals surface area contributed by atoms with Gasteiger partial charge < -0.3 is 15.1 Å². The first-order chi connectivity index (χ1) is 16.6. The first-order valence-electron chi connectivity index (χ1n) is 12.0. The lowest BCUT2D eigenvalue weighted by Gasteiger charge is -2.16. The molecule has 2 fully saturated rings. The standard InChI is InChI=1S/C27H29FN4O2/c28-21-9-10-24-22(16-21)23(27(34)29-11-15-31-12-1-2-13-31)17-25(30-24)20-7-5-19(6-8-20)18-32-14-3-4-26(32)33/h5-10,16-17H,1-4,11-15,18H2,(H,29,34). The van der Waals surface area contributed by atoms with Crippen molar-refractivity contribution in [3.8, 4) is 11.3 Å². The summed E-state index contributed by atoms with van der Waals surface area (Å²) in [7, 11) is 0. The van der Waals surface area contributed by atoms with Gasteiger partial charge in [0.15, 0.2) is 0 Å². The van der Waals surface area contributed by atoms with E-state index in [1.54, 1.807) is 12.1 Å². The maximum absolute atomic E-state index is 14.0. The summed E-state index contributed by atoms with van der Waals surface area (Å²) in [5.41, 5.74) is 3.59. The number of pyridine rings is 1. The number of hydrogen-bond acceptors (Lipinski definition) is 4. The molecule has 5 rings (SSSR count). The fourth-order valence-corrected chi connectivity index (χ4v) is 4.84. The van der Waals surface area contributed by atoms with Crippen molar-refractivity contribution < 1.29 is 14.0 Å². The maximum atomic E-state index is 14.0. The zero-order valence-electron chi connectivity index (χ0n) is 19.2. The topological polar surface area (TPSA) is 65.5 Å². The highest BCUT2D eigenvalue weighted by atomic mass is 19.1. The molecular weight excluding hydrogens is 431 g/mol. The Morgan fingerprint density at radius 2 is 1.79 bits per heavy atom. The van der Waals surface area contributed by atoms with Crippen LogP contribution in [0.25, 0.3) is 22.2 Å². The van der Waals surface area contributed by atoms with E-state index in [2.05, 4.69) is 10.2 Å². The molecule has 0 unspecified atom stereocenters. The van der Waals surface area contributed by atoms with Gasteiger partial charge in [-0.3, -0.25) is 9.59 Å². The summed E-state index contributed by atoms with van der Waals surface area (Å²) in [5.74, 6) is -0.413. The fraction of sp³-hybridized carbons (Fsp3) is 0.370. The molecule has 0 bridgehead atoms. The molecule has 0 aliphatic carbocycles. The second-order valence-electron chi connectivity index (χ2n) is 9.14. The van der Waals surface area contributed by atoms with Gasteiger partial charge in [-0.15, -0.1) is 0 Å². The Balaban J connectivity index is 1.38. The Kier molecular flexibility index (Phi) is 6.54. The molecule has 3 aromatic rings. The van der Waals surface area contributed by atoms with Crippen LogP contribution in [0.3, 0.4) is 0 Å². The van der Waals surface area contributed by atoms with Gasteiger partial charge in [-0.2, -0.15) is 0 Å². The number of benzene rings is 2. The molecule has 6 nitrogen and oxygen atoms in total. The van der Waals surface area contributed by atoms with Gasteiger partial charge in [0, 0.05) is 43.5 Å². The molecular formula is C27H29FN4O2. The highest BCUT2D eigenvalue weighted by molar-refractivity contribution is 6.07. The van der Waals surface area contributed by atoms with Crippen molar-refractivity contribution in [3.05, 3.63) is 65.5 Å². The SMILES string of the molecule is O=C(NCCN1CCCC1)c1cc(-c2ccc(CN3CCCC3=O)cc2)nc2ccc(F)cc12. The Morgan fingerprint density at radius 3 is 2.53 bits per heavy atom. The zero-order valence-corrected chi connectivity index (χ0v) is 19.2. The summed E-state index contributed by atoms with van der Waals surface area (Å²) >= 11 is 0. The van der Waals surface area contributed by atoms with Crippen LogP contribution in [0.5, 0.6) is 0 Å². The first kappa shape index (κ1) is 22.5. The van der Waals surface area contributed by atoms with Crippen molar-refractivity contribution in [1.82, 2.24) is 20.1 Å². The number of carbonyl (C=O) groups excluding carboxylic acids is 2. The number of amides is 2. The lowest BCUT2D eigenvalue weighted by atomic mass is 10.0. The van der Waals surface area contributed by atoms with Crippen LogP contribution < -0.4 is 5.32 Å². The van der Waals surface area contributed by atoms with Crippen LogP contribution in [-0.4, -0.2) is 59.3 Å². The van der Waals surface area contributed by atoms with Gasteiger partial charge >= 0.3 is 0 Å². The van der Waals surface area contributed by atoms with Gasteiger partial charge in [0.2, 0.25) is 5.91 Å². The number of rotatable bonds is 7. The van der Waals surface area contributed by atoms with Crippen molar-refractivity contribution in [2.24, 2.45) is 0 Å². The normalized spacial score (nSPS) is 16.5.